The summed E-state index contributed by atoms with van der Waals surface area (Å²) in [4.78, 5) is 36.3. The fourth-order valence-electron chi connectivity index (χ4n) is 1.15. The molecule has 0 spiro atoms. The Labute approximate surface area is 103 Å². The molecular weight excluding hydrogens is 238 g/mol. The Morgan fingerprint density at radius 1 is 1.33 bits per heavy atom. The number of nitrogens with one attached hydrogen (secondary N) is 2. The van der Waals surface area contributed by atoms with Crippen LogP contribution < -0.4 is 10.6 Å². The highest BCUT2D eigenvalue weighted by atomic mass is 16.4. The Balaban J connectivity index is 2.44. The van der Waals surface area contributed by atoms with Crippen molar-refractivity contribution < 1.29 is 19.5 Å². The van der Waals surface area contributed by atoms with Crippen LogP contribution in [0.4, 0.5) is 5.82 Å². The number of aromatic nitrogens is 1. The van der Waals surface area contributed by atoms with Gasteiger partial charge in [-0.15, -0.1) is 0 Å². The van der Waals surface area contributed by atoms with Gasteiger partial charge in [-0.25, -0.2) is 9.78 Å². The zero-order valence-electron chi connectivity index (χ0n) is 9.77. The van der Waals surface area contributed by atoms with Gasteiger partial charge in [0.15, 0.2) is 0 Å². The SMILES string of the molecule is CC(=O)NCCC(=O)Nc1ccc(C(=O)O)cn1. The maximum Gasteiger partial charge on any atom is 0.337 e. The third-order valence-electron chi connectivity index (χ3n) is 2.00. The Morgan fingerprint density at radius 3 is 2.56 bits per heavy atom. The average Bonchev–Trinajstić information content (AvgIpc) is 2.29. The zero-order chi connectivity index (χ0) is 13.5. The lowest BCUT2D eigenvalue weighted by molar-refractivity contribution is -0.119. The van der Waals surface area contributed by atoms with E-state index in [-0.39, 0.29) is 36.2 Å². The zero-order valence-corrected chi connectivity index (χ0v) is 9.77. The molecule has 0 bridgehead atoms. The van der Waals surface area contributed by atoms with Crippen molar-refractivity contribution in [1.82, 2.24) is 10.3 Å². The van der Waals surface area contributed by atoms with Crippen LogP contribution in [0.1, 0.15) is 23.7 Å². The van der Waals surface area contributed by atoms with Gasteiger partial charge in [-0.1, -0.05) is 0 Å². The van der Waals surface area contributed by atoms with Crippen LogP contribution in [0.2, 0.25) is 0 Å². The molecule has 3 N–H and O–H groups in total. The highest BCUT2D eigenvalue weighted by Gasteiger charge is 2.06. The second-order valence-electron chi connectivity index (χ2n) is 3.52. The van der Waals surface area contributed by atoms with Crippen LogP contribution in [0.15, 0.2) is 18.3 Å². The minimum Gasteiger partial charge on any atom is -0.478 e. The van der Waals surface area contributed by atoms with Crippen molar-refractivity contribution in [2.75, 3.05) is 11.9 Å². The third-order valence-corrected chi connectivity index (χ3v) is 2.00. The molecule has 1 rings (SSSR count). The van der Waals surface area contributed by atoms with Gasteiger partial charge in [0.1, 0.15) is 5.82 Å². The van der Waals surface area contributed by atoms with Crippen molar-refractivity contribution in [3.63, 3.8) is 0 Å². The topological polar surface area (TPSA) is 108 Å². The molecule has 0 aromatic carbocycles. The molecule has 7 nitrogen and oxygen atoms in total. The average molecular weight is 251 g/mol. The number of amides is 2. The molecule has 18 heavy (non-hydrogen) atoms. The summed E-state index contributed by atoms with van der Waals surface area (Å²) in [5, 5.41) is 13.6. The lowest BCUT2D eigenvalue weighted by Crippen LogP contribution is -2.25. The number of carboxylic acid groups (broad SMARTS) is 1. The summed E-state index contributed by atoms with van der Waals surface area (Å²) in [5.74, 6) is -1.31. The number of pyridine rings is 1. The van der Waals surface area contributed by atoms with E-state index in [9.17, 15) is 14.4 Å². The number of aromatic carboxylic acids is 1. The molecule has 7 heteroatoms. The maximum absolute atomic E-state index is 11.4. The number of carbonyl (C=O) groups excluding carboxylic acids is 2. The molecule has 2 amide bonds. The van der Waals surface area contributed by atoms with Crippen LogP contribution in [0.3, 0.4) is 0 Å². The van der Waals surface area contributed by atoms with E-state index >= 15 is 0 Å². The van der Waals surface area contributed by atoms with Crippen LogP contribution in [0, 0.1) is 0 Å². The highest BCUT2D eigenvalue weighted by Crippen LogP contribution is 2.05. The van der Waals surface area contributed by atoms with E-state index in [1.54, 1.807) is 0 Å². The van der Waals surface area contributed by atoms with Gasteiger partial charge in [0.25, 0.3) is 0 Å². The minimum absolute atomic E-state index is 0.0474. The number of hydrogen-bond donors (Lipinski definition) is 3. The first-order chi connectivity index (χ1) is 8.49. The predicted molar refractivity (Wildman–Crippen MR) is 63.1 cm³/mol. The first kappa shape index (κ1) is 13.6. The van der Waals surface area contributed by atoms with Gasteiger partial charge in [0.05, 0.1) is 5.56 Å². The molecule has 0 atom stereocenters. The summed E-state index contributed by atoms with van der Waals surface area (Å²) in [7, 11) is 0. The molecule has 0 aliphatic heterocycles. The number of rotatable bonds is 5. The van der Waals surface area contributed by atoms with Crippen molar-refractivity contribution in [3.8, 4) is 0 Å². The standard InChI is InChI=1S/C11H13N3O4/c1-7(15)12-5-4-10(16)14-9-3-2-8(6-13-9)11(17)18/h2-3,6H,4-5H2,1H3,(H,12,15)(H,17,18)(H,13,14,16). The Hall–Kier alpha value is -2.44. The second-order valence-corrected chi connectivity index (χ2v) is 3.52. The summed E-state index contributed by atoms with van der Waals surface area (Å²) in [6.07, 6.45) is 1.29. The molecule has 1 heterocycles. The lowest BCUT2D eigenvalue weighted by Gasteiger charge is -2.04. The van der Waals surface area contributed by atoms with Gasteiger partial charge >= 0.3 is 5.97 Å². The lowest BCUT2D eigenvalue weighted by atomic mass is 10.3. The van der Waals surface area contributed by atoms with Crippen LogP contribution in [0.5, 0.6) is 0 Å². The number of anilines is 1. The molecule has 96 valence electrons. The summed E-state index contributed by atoms with van der Waals surface area (Å²) in [6.45, 7) is 1.61. The van der Waals surface area contributed by atoms with Gasteiger partial charge < -0.3 is 15.7 Å². The summed E-state index contributed by atoms with van der Waals surface area (Å²) >= 11 is 0. The fraction of sp³-hybridized carbons (Fsp3) is 0.273. The molecule has 1 aromatic rings. The van der Waals surface area contributed by atoms with Crippen LogP contribution >= 0.6 is 0 Å². The molecule has 0 radical (unpaired) electrons. The molecule has 0 saturated heterocycles. The van der Waals surface area contributed by atoms with E-state index in [1.165, 1.54) is 19.1 Å². The van der Waals surface area contributed by atoms with Crippen LogP contribution in [-0.4, -0.2) is 34.4 Å². The van der Waals surface area contributed by atoms with E-state index in [0.29, 0.717) is 0 Å². The van der Waals surface area contributed by atoms with E-state index in [1.807, 2.05) is 0 Å². The van der Waals surface area contributed by atoms with Gasteiger partial charge in [0, 0.05) is 26.1 Å². The fourth-order valence-corrected chi connectivity index (χ4v) is 1.15. The predicted octanol–water partition coefficient (Wildman–Crippen LogP) is 0.244. The van der Waals surface area contributed by atoms with E-state index in [0.717, 1.165) is 6.20 Å². The first-order valence-corrected chi connectivity index (χ1v) is 5.22. The molecular formula is C11H13N3O4. The molecule has 0 fully saturated rings. The van der Waals surface area contributed by atoms with Crippen LogP contribution in [-0.2, 0) is 9.59 Å². The van der Waals surface area contributed by atoms with E-state index in [2.05, 4.69) is 15.6 Å². The van der Waals surface area contributed by atoms with Gasteiger partial charge in [-0.2, -0.15) is 0 Å². The largest absolute Gasteiger partial charge is 0.478 e. The summed E-state index contributed by atoms with van der Waals surface area (Å²) in [5.41, 5.74) is 0.0474. The second kappa shape index (κ2) is 6.33. The molecule has 0 aliphatic carbocycles. The Kier molecular flexibility index (Phi) is 4.79. The molecule has 0 aliphatic rings. The van der Waals surface area contributed by atoms with Crippen molar-refractivity contribution in [2.24, 2.45) is 0 Å². The minimum atomic E-state index is -1.08. The highest BCUT2D eigenvalue weighted by molar-refractivity contribution is 5.91. The Bertz CT molecular complexity index is 456. The molecule has 0 unspecified atom stereocenters. The van der Waals surface area contributed by atoms with Crippen LogP contribution in [0.25, 0.3) is 0 Å². The number of nitrogens with zero attached hydrogens (tertiary/aromatic N) is 1. The monoisotopic (exact) mass is 251 g/mol. The Morgan fingerprint density at radius 2 is 2.06 bits per heavy atom. The van der Waals surface area contributed by atoms with E-state index < -0.39 is 5.97 Å². The van der Waals surface area contributed by atoms with Crippen molar-refractivity contribution in [2.45, 2.75) is 13.3 Å². The van der Waals surface area contributed by atoms with Gasteiger partial charge in [0.2, 0.25) is 11.8 Å². The number of hydrogen-bond acceptors (Lipinski definition) is 4. The molecule has 0 saturated carbocycles. The van der Waals surface area contributed by atoms with Gasteiger partial charge in [-0.05, 0) is 12.1 Å². The van der Waals surface area contributed by atoms with Gasteiger partial charge in [-0.3, -0.25) is 9.59 Å². The number of carboxylic acids is 1. The summed E-state index contributed by atoms with van der Waals surface area (Å²) < 4.78 is 0. The quantitative estimate of drug-likeness (QED) is 0.694. The third kappa shape index (κ3) is 4.60. The van der Waals surface area contributed by atoms with E-state index in [4.69, 9.17) is 5.11 Å². The normalized spacial score (nSPS) is 9.61. The van der Waals surface area contributed by atoms with Crippen molar-refractivity contribution in [1.29, 1.82) is 0 Å². The number of carbonyl (C=O) groups is 3. The van der Waals surface area contributed by atoms with Crippen molar-refractivity contribution >= 4 is 23.6 Å². The molecule has 1 aromatic heterocycles. The summed E-state index contributed by atoms with van der Waals surface area (Å²) in [6, 6.07) is 2.75. The van der Waals surface area contributed by atoms with Crippen molar-refractivity contribution in [3.05, 3.63) is 23.9 Å². The first-order valence-electron chi connectivity index (χ1n) is 5.22. The smallest absolute Gasteiger partial charge is 0.337 e. The maximum atomic E-state index is 11.4.